The second-order valence-corrected chi connectivity index (χ2v) is 8.31. The summed E-state index contributed by atoms with van der Waals surface area (Å²) >= 11 is 1.75. The average molecular weight is 351 g/mol. The first-order valence-corrected chi connectivity index (χ1v) is 9.90. The number of nitrogens with zero attached hydrogens (tertiary/aromatic N) is 1. The molecule has 4 heteroatoms. The molecule has 2 aromatic carbocycles. The summed E-state index contributed by atoms with van der Waals surface area (Å²) in [7, 11) is 0. The van der Waals surface area contributed by atoms with Crippen molar-refractivity contribution in [3.8, 4) is 0 Å². The number of hydrogen-bond acceptors (Lipinski definition) is 4. The molecule has 2 bridgehead atoms. The number of carbonyl (C=O) groups excluding carboxylic acids is 1. The van der Waals surface area contributed by atoms with Crippen LogP contribution in [0, 0.1) is 5.92 Å². The van der Waals surface area contributed by atoms with Crippen molar-refractivity contribution in [3.05, 3.63) is 59.7 Å². The zero-order chi connectivity index (χ0) is 16.8. The summed E-state index contributed by atoms with van der Waals surface area (Å²) in [6.45, 7) is 3.22. The Morgan fingerprint density at radius 2 is 1.56 bits per heavy atom. The van der Waals surface area contributed by atoms with Gasteiger partial charge in [-0.3, -0.25) is 9.69 Å². The highest BCUT2D eigenvalue weighted by Gasteiger charge is 2.39. The third-order valence-corrected chi connectivity index (χ3v) is 6.96. The van der Waals surface area contributed by atoms with Crippen molar-refractivity contribution in [1.82, 2.24) is 4.90 Å². The summed E-state index contributed by atoms with van der Waals surface area (Å²) in [4.78, 5) is 18.0. The molecule has 6 rings (SSSR count). The number of hydrogen-bond donors (Lipinski definition) is 0. The number of benzene rings is 2. The predicted octanol–water partition coefficient (Wildman–Crippen LogP) is 3.92. The van der Waals surface area contributed by atoms with Gasteiger partial charge in [0.25, 0.3) is 0 Å². The second kappa shape index (κ2) is 6.19. The van der Waals surface area contributed by atoms with Crippen LogP contribution < -0.4 is 0 Å². The van der Waals surface area contributed by atoms with Crippen molar-refractivity contribution in [2.75, 3.05) is 19.6 Å². The van der Waals surface area contributed by atoms with E-state index in [0.29, 0.717) is 5.92 Å². The predicted molar refractivity (Wildman–Crippen MR) is 97.9 cm³/mol. The van der Waals surface area contributed by atoms with Crippen LogP contribution in [0.3, 0.4) is 0 Å². The lowest BCUT2D eigenvalue weighted by molar-refractivity contribution is -0.159. The average Bonchev–Trinajstić information content (AvgIpc) is 2.67. The normalized spacial score (nSPS) is 27.4. The number of piperidine rings is 3. The second-order valence-electron chi connectivity index (χ2n) is 7.22. The van der Waals surface area contributed by atoms with Crippen molar-refractivity contribution in [1.29, 1.82) is 0 Å². The van der Waals surface area contributed by atoms with Crippen molar-refractivity contribution in [3.63, 3.8) is 0 Å². The van der Waals surface area contributed by atoms with Crippen molar-refractivity contribution in [2.45, 2.75) is 34.7 Å². The molecule has 0 unspecified atom stereocenters. The lowest BCUT2D eigenvalue weighted by atomic mass is 9.85. The first kappa shape index (κ1) is 15.5. The Hall–Kier alpha value is -1.78. The minimum Gasteiger partial charge on any atom is -0.460 e. The zero-order valence-corrected chi connectivity index (χ0v) is 14.9. The van der Waals surface area contributed by atoms with Crippen molar-refractivity contribution in [2.24, 2.45) is 5.92 Å². The minimum atomic E-state index is -0.302. The number of carbonyl (C=O) groups is 1. The van der Waals surface area contributed by atoms with E-state index in [2.05, 4.69) is 29.2 Å². The van der Waals surface area contributed by atoms with Gasteiger partial charge in [-0.15, -0.1) is 0 Å². The van der Waals surface area contributed by atoms with Gasteiger partial charge in [-0.05, 0) is 55.1 Å². The van der Waals surface area contributed by atoms with Crippen LogP contribution in [0.2, 0.25) is 0 Å². The van der Waals surface area contributed by atoms with Gasteiger partial charge in [0, 0.05) is 16.3 Å². The Labute approximate surface area is 152 Å². The maximum Gasteiger partial charge on any atom is 0.318 e. The maximum atomic E-state index is 13.2. The molecule has 0 radical (unpaired) electrons. The molecule has 4 heterocycles. The van der Waals surface area contributed by atoms with Gasteiger partial charge >= 0.3 is 5.97 Å². The molecule has 25 heavy (non-hydrogen) atoms. The fourth-order valence-electron chi connectivity index (χ4n) is 4.43. The summed E-state index contributed by atoms with van der Waals surface area (Å²) < 4.78 is 6.09. The summed E-state index contributed by atoms with van der Waals surface area (Å²) in [6, 6.07) is 16.4. The standard InChI is InChI=1S/C21H21NO2S/c23-21(24-17-13-22-11-9-14(17)10-12-22)20-15-5-1-3-7-18(15)25-19-8-4-2-6-16(19)20/h1-8,14,17,20H,9-13H2/t17-/m0/s1. The van der Waals surface area contributed by atoms with Gasteiger partial charge in [-0.25, -0.2) is 0 Å². The van der Waals surface area contributed by atoms with Crippen molar-refractivity contribution >= 4 is 17.7 Å². The zero-order valence-electron chi connectivity index (χ0n) is 14.1. The first-order chi connectivity index (χ1) is 12.3. The topological polar surface area (TPSA) is 29.5 Å². The van der Waals surface area contributed by atoms with Crippen LogP contribution in [0.15, 0.2) is 58.3 Å². The van der Waals surface area contributed by atoms with Gasteiger partial charge in [0.15, 0.2) is 0 Å². The Morgan fingerprint density at radius 3 is 2.12 bits per heavy atom. The molecule has 1 atom stereocenters. The Kier molecular flexibility index (Phi) is 3.83. The molecule has 0 spiro atoms. The van der Waals surface area contributed by atoms with Crippen LogP contribution in [0.25, 0.3) is 0 Å². The molecule has 4 aliphatic rings. The maximum absolute atomic E-state index is 13.2. The quantitative estimate of drug-likeness (QED) is 0.767. The highest BCUT2D eigenvalue weighted by Crippen LogP contribution is 2.46. The van der Waals surface area contributed by atoms with Gasteiger partial charge in [0.05, 0.1) is 0 Å². The summed E-state index contributed by atoms with van der Waals surface area (Å²) in [6.07, 6.45) is 2.38. The molecule has 0 saturated carbocycles. The third-order valence-electron chi connectivity index (χ3n) is 5.78. The van der Waals surface area contributed by atoms with Gasteiger partial charge < -0.3 is 4.74 Å². The summed E-state index contributed by atoms with van der Waals surface area (Å²) in [5, 5.41) is 0. The molecule has 0 N–H and O–H groups in total. The van der Waals surface area contributed by atoms with Crippen LogP contribution >= 0.6 is 11.8 Å². The fourth-order valence-corrected chi connectivity index (χ4v) is 5.56. The Bertz CT molecular complexity index is 768. The SMILES string of the molecule is O=C(O[C@H]1CN2CCC1CC2)C1c2ccccc2Sc2ccccc21. The highest BCUT2D eigenvalue weighted by molar-refractivity contribution is 7.99. The molecular formula is C21H21NO2S. The number of fused-ring (bicyclic) bond motifs is 5. The molecule has 3 nitrogen and oxygen atoms in total. The van der Waals surface area contributed by atoms with E-state index in [0.717, 1.165) is 53.4 Å². The molecule has 2 aromatic rings. The Morgan fingerprint density at radius 1 is 0.960 bits per heavy atom. The molecule has 0 amide bonds. The van der Waals surface area contributed by atoms with E-state index in [-0.39, 0.29) is 18.0 Å². The van der Waals surface area contributed by atoms with E-state index in [4.69, 9.17) is 4.74 Å². The molecule has 4 aliphatic heterocycles. The Balaban J connectivity index is 1.47. The monoisotopic (exact) mass is 351 g/mol. The van der Waals surface area contributed by atoms with E-state index in [1.54, 1.807) is 11.8 Å². The molecule has 3 saturated heterocycles. The highest BCUT2D eigenvalue weighted by atomic mass is 32.2. The van der Waals surface area contributed by atoms with E-state index < -0.39 is 0 Å². The van der Waals surface area contributed by atoms with E-state index in [9.17, 15) is 4.79 Å². The van der Waals surface area contributed by atoms with E-state index in [1.165, 1.54) is 0 Å². The van der Waals surface area contributed by atoms with Crippen LogP contribution in [0.4, 0.5) is 0 Å². The van der Waals surface area contributed by atoms with Crippen LogP contribution in [-0.4, -0.2) is 36.6 Å². The third kappa shape index (κ3) is 2.68. The minimum absolute atomic E-state index is 0.0592. The van der Waals surface area contributed by atoms with E-state index in [1.807, 2.05) is 24.3 Å². The summed E-state index contributed by atoms with van der Waals surface area (Å²) in [5.41, 5.74) is 2.16. The van der Waals surface area contributed by atoms with Crippen LogP contribution in [0.5, 0.6) is 0 Å². The molecule has 3 fully saturated rings. The first-order valence-electron chi connectivity index (χ1n) is 9.08. The van der Waals surface area contributed by atoms with Crippen LogP contribution in [-0.2, 0) is 9.53 Å². The molecule has 0 aromatic heterocycles. The smallest absolute Gasteiger partial charge is 0.318 e. The van der Waals surface area contributed by atoms with Gasteiger partial charge in [-0.1, -0.05) is 48.2 Å². The molecule has 0 aliphatic carbocycles. The molecule has 128 valence electrons. The number of ether oxygens (including phenoxy) is 1. The largest absolute Gasteiger partial charge is 0.460 e. The molecular weight excluding hydrogens is 330 g/mol. The summed E-state index contributed by atoms with van der Waals surface area (Å²) in [5.74, 6) is 0.153. The van der Waals surface area contributed by atoms with Crippen LogP contribution in [0.1, 0.15) is 29.9 Å². The van der Waals surface area contributed by atoms with Gasteiger partial charge in [0.2, 0.25) is 0 Å². The lowest BCUT2D eigenvalue weighted by Crippen LogP contribution is -2.52. The number of esters is 1. The van der Waals surface area contributed by atoms with E-state index >= 15 is 0 Å². The van der Waals surface area contributed by atoms with Crippen molar-refractivity contribution < 1.29 is 9.53 Å². The van der Waals surface area contributed by atoms with Gasteiger partial charge in [0.1, 0.15) is 12.0 Å². The van der Waals surface area contributed by atoms with Gasteiger partial charge in [-0.2, -0.15) is 0 Å². The fraction of sp³-hybridized carbons (Fsp3) is 0.381. The lowest BCUT2D eigenvalue weighted by Gasteiger charge is -2.44. The number of rotatable bonds is 2.